The summed E-state index contributed by atoms with van der Waals surface area (Å²) in [5.41, 5.74) is 3.82. The monoisotopic (exact) mass is 472 g/mol. The molecular weight excluding hydrogens is 448 g/mol. The molecule has 0 aliphatic carbocycles. The molecule has 0 fully saturated rings. The van der Waals surface area contributed by atoms with Crippen LogP contribution in [0.1, 0.15) is 29.9 Å². The van der Waals surface area contributed by atoms with Gasteiger partial charge in [-0.25, -0.2) is 0 Å². The Kier molecular flexibility index (Phi) is 6.66. The Balaban J connectivity index is 1.83. The van der Waals surface area contributed by atoms with Crippen molar-refractivity contribution in [2.75, 3.05) is 16.8 Å². The molecule has 1 aliphatic rings. The zero-order valence-corrected chi connectivity index (χ0v) is 19.9. The van der Waals surface area contributed by atoms with Crippen LogP contribution in [0.4, 0.5) is 11.5 Å². The van der Waals surface area contributed by atoms with Gasteiger partial charge in [0.25, 0.3) is 5.91 Å². The number of allylic oxidation sites excluding steroid dienone is 1. The second-order valence-electron chi connectivity index (χ2n) is 7.86. The number of benzene rings is 2. The van der Waals surface area contributed by atoms with Crippen molar-refractivity contribution in [3.8, 4) is 18.1 Å². The van der Waals surface area contributed by atoms with E-state index in [4.69, 9.17) is 27.9 Å². The number of anilines is 2. The van der Waals surface area contributed by atoms with Gasteiger partial charge in [-0.15, -0.1) is 6.42 Å². The van der Waals surface area contributed by atoms with Gasteiger partial charge in [-0.2, -0.15) is 0 Å². The van der Waals surface area contributed by atoms with Crippen LogP contribution in [0.5, 0.6) is 5.75 Å². The number of hydrogen-bond acceptors (Lipinski definition) is 5. The fraction of sp³-hybridized carbons (Fsp3) is 0.192. The Labute approximate surface area is 203 Å². The molecule has 0 saturated carbocycles. The van der Waals surface area contributed by atoms with Crippen LogP contribution in [0.3, 0.4) is 0 Å². The number of amides is 1. The van der Waals surface area contributed by atoms with Gasteiger partial charge >= 0.3 is 0 Å². The number of ether oxygens (including phenoxy) is 1. The summed E-state index contributed by atoms with van der Waals surface area (Å²) >= 11 is 5.76. The maximum absolute atomic E-state index is 13.6. The van der Waals surface area contributed by atoms with Crippen molar-refractivity contribution < 1.29 is 14.1 Å². The van der Waals surface area contributed by atoms with Crippen molar-refractivity contribution in [1.29, 1.82) is 0 Å². The SMILES string of the molecule is C#CCOc1ccccc1C1NC(=S)N(c2cccc(C)c2)C(C)=C1C(=O)Nc1cc(C)on1. The molecule has 0 radical (unpaired) electrons. The average molecular weight is 473 g/mol. The standard InChI is InChI=1S/C26H24N4O3S/c1-5-13-32-21-12-7-6-11-20(21)24-23(25(31)27-22-15-17(3)33-29-22)18(4)30(26(34)28-24)19-10-8-9-16(2)14-19/h1,6-12,14-15,24H,13H2,2-4H3,(H,28,34)(H,27,29,31). The van der Waals surface area contributed by atoms with Gasteiger partial charge in [0.1, 0.15) is 18.1 Å². The van der Waals surface area contributed by atoms with Crippen LogP contribution in [0.25, 0.3) is 0 Å². The van der Waals surface area contributed by atoms with E-state index in [1.807, 2.05) is 67.3 Å². The van der Waals surface area contributed by atoms with Crippen LogP contribution in [0.15, 0.2) is 70.4 Å². The molecule has 1 aliphatic heterocycles. The molecule has 2 heterocycles. The minimum absolute atomic E-state index is 0.103. The van der Waals surface area contributed by atoms with Gasteiger partial charge in [0.2, 0.25) is 0 Å². The Hall–Kier alpha value is -4.09. The number of nitrogens with zero attached hydrogens (tertiary/aromatic N) is 2. The van der Waals surface area contributed by atoms with Gasteiger partial charge in [0.15, 0.2) is 10.9 Å². The summed E-state index contributed by atoms with van der Waals surface area (Å²) in [6.45, 7) is 5.74. The molecule has 1 unspecified atom stereocenters. The molecule has 0 saturated heterocycles. The number of rotatable bonds is 6. The molecule has 4 rings (SSSR count). The third-order valence-electron chi connectivity index (χ3n) is 5.40. The normalized spacial score (nSPS) is 15.5. The lowest BCUT2D eigenvalue weighted by Gasteiger charge is -2.38. The zero-order chi connectivity index (χ0) is 24.2. The first-order valence-corrected chi connectivity index (χ1v) is 11.1. The molecule has 2 N–H and O–H groups in total. The molecule has 1 aromatic heterocycles. The Bertz CT molecular complexity index is 1320. The van der Waals surface area contributed by atoms with Crippen molar-refractivity contribution >= 4 is 34.7 Å². The van der Waals surface area contributed by atoms with Gasteiger partial charge < -0.3 is 19.9 Å². The predicted octanol–water partition coefficient (Wildman–Crippen LogP) is 4.65. The van der Waals surface area contributed by atoms with Crippen molar-refractivity contribution in [3.05, 3.63) is 82.8 Å². The van der Waals surface area contributed by atoms with E-state index in [1.54, 1.807) is 13.0 Å². The van der Waals surface area contributed by atoms with E-state index in [1.165, 1.54) is 0 Å². The fourth-order valence-corrected chi connectivity index (χ4v) is 4.29. The number of hydrogen-bond donors (Lipinski definition) is 2. The molecular formula is C26H24N4O3S. The number of terminal acetylenes is 1. The van der Waals surface area contributed by atoms with E-state index in [0.29, 0.717) is 33.7 Å². The topological polar surface area (TPSA) is 79.6 Å². The van der Waals surface area contributed by atoms with E-state index >= 15 is 0 Å². The largest absolute Gasteiger partial charge is 0.481 e. The zero-order valence-electron chi connectivity index (χ0n) is 19.1. The number of aryl methyl sites for hydroxylation is 2. The van der Waals surface area contributed by atoms with E-state index in [0.717, 1.165) is 16.8 Å². The molecule has 34 heavy (non-hydrogen) atoms. The third-order valence-corrected chi connectivity index (χ3v) is 5.70. The van der Waals surface area contributed by atoms with Crippen molar-refractivity contribution in [3.63, 3.8) is 0 Å². The quantitative estimate of drug-likeness (QED) is 0.399. The smallest absolute Gasteiger partial charge is 0.257 e. The van der Waals surface area contributed by atoms with Crippen LogP contribution in [0.2, 0.25) is 0 Å². The lowest BCUT2D eigenvalue weighted by molar-refractivity contribution is -0.113. The minimum Gasteiger partial charge on any atom is -0.481 e. The van der Waals surface area contributed by atoms with Crippen molar-refractivity contribution in [1.82, 2.24) is 10.5 Å². The molecule has 1 amide bonds. The summed E-state index contributed by atoms with van der Waals surface area (Å²) in [7, 11) is 0. The molecule has 0 bridgehead atoms. The molecule has 1 atom stereocenters. The van der Waals surface area contributed by atoms with Gasteiger partial charge in [-0.05, 0) is 56.8 Å². The van der Waals surface area contributed by atoms with Crippen molar-refractivity contribution in [2.45, 2.75) is 26.8 Å². The minimum atomic E-state index is -0.574. The predicted molar refractivity (Wildman–Crippen MR) is 135 cm³/mol. The number of carbonyl (C=O) groups excluding carboxylic acids is 1. The molecule has 8 heteroatoms. The van der Waals surface area contributed by atoms with Crippen LogP contribution in [-0.2, 0) is 4.79 Å². The number of carbonyl (C=O) groups is 1. The lowest BCUT2D eigenvalue weighted by atomic mass is 9.93. The number of para-hydroxylation sites is 1. The van der Waals surface area contributed by atoms with Gasteiger partial charge in [0, 0.05) is 23.0 Å². The summed E-state index contributed by atoms with van der Waals surface area (Å²) in [6.07, 6.45) is 5.40. The number of nitrogens with one attached hydrogen (secondary N) is 2. The second kappa shape index (κ2) is 9.81. The summed E-state index contributed by atoms with van der Waals surface area (Å²) in [4.78, 5) is 15.5. The first kappa shape index (κ1) is 23.1. The van der Waals surface area contributed by atoms with E-state index in [2.05, 4.69) is 21.7 Å². The summed E-state index contributed by atoms with van der Waals surface area (Å²) in [5.74, 6) is 3.63. The van der Waals surface area contributed by atoms with Gasteiger partial charge in [-0.3, -0.25) is 9.69 Å². The molecule has 3 aromatic rings. The van der Waals surface area contributed by atoms with Crippen LogP contribution in [0, 0.1) is 26.2 Å². The molecule has 0 spiro atoms. The van der Waals surface area contributed by atoms with Gasteiger partial charge in [0.05, 0.1) is 11.6 Å². The van der Waals surface area contributed by atoms with E-state index < -0.39 is 6.04 Å². The Morgan fingerprint density at radius 2 is 2.03 bits per heavy atom. The number of aromatic nitrogens is 1. The highest BCUT2D eigenvalue weighted by molar-refractivity contribution is 7.80. The van der Waals surface area contributed by atoms with Crippen LogP contribution < -0.4 is 20.3 Å². The van der Waals surface area contributed by atoms with Crippen molar-refractivity contribution in [2.24, 2.45) is 0 Å². The maximum atomic E-state index is 13.6. The summed E-state index contributed by atoms with van der Waals surface area (Å²) in [5, 5.41) is 10.5. The van der Waals surface area contributed by atoms with E-state index in [-0.39, 0.29) is 12.5 Å². The van der Waals surface area contributed by atoms with Gasteiger partial charge in [-0.1, -0.05) is 41.4 Å². The first-order valence-electron chi connectivity index (χ1n) is 10.7. The third kappa shape index (κ3) is 4.65. The highest BCUT2D eigenvalue weighted by atomic mass is 32.1. The Morgan fingerprint density at radius 3 is 2.74 bits per heavy atom. The second-order valence-corrected chi connectivity index (χ2v) is 8.25. The molecule has 172 valence electrons. The highest BCUT2D eigenvalue weighted by Gasteiger charge is 2.36. The lowest BCUT2D eigenvalue weighted by Crippen LogP contribution is -2.48. The average Bonchev–Trinajstić information content (AvgIpc) is 3.21. The first-order chi connectivity index (χ1) is 16.4. The Morgan fingerprint density at radius 1 is 1.24 bits per heavy atom. The summed E-state index contributed by atoms with van der Waals surface area (Å²) in [6, 6.07) is 16.4. The summed E-state index contributed by atoms with van der Waals surface area (Å²) < 4.78 is 10.9. The van der Waals surface area contributed by atoms with Crippen LogP contribution >= 0.6 is 12.2 Å². The van der Waals surface area contributed by atoms with E-state index in [9.17, 15) is 4.79 Å². The molecule has 2 aromatic carbocycles. The number of thiocarbonyl (C=S) groups is 1. The maximum Gasteiger partial charge on any atom is 0.257 e. The highest BCUT2D eigenvalue weighted by Crippen LogP contribution is 2.37. The molecule has 7 nitrogen and oxygen atoms in total. The fourth-order valence-electron chi connectivity index (χ4n) is 3.93. The van der Waals surface area contributed by atoms with Crippen LogP contribution in [-0.4, -0.2) is 22.8 Å².